The second-order valence-electron chi connectivity index (χ2n) is 3.23. The van der Waals surface area contributed by atoms with E-state index in [1.807, 2.05) is 0 Å². The number of halogens is 1. The van der Waals surface area contributed by atoms with E-state index in [4.69, 9.17) is 0 Å². The molecule has 82 valence electrons. The van der Waals surface area contributed by atoms with E-state index in [0.717, 1.165) is 16.3 Å². The predicted molar refractivity (Wildman–Crippen MR) is 61.6 cm³/mol. The summed E-state index contributed by atoms with van der Waals surface area (Å²) in [7, 11) is -3.16. The summed E-state index contributed by atoms with van der Waals surface area (Å²) in [5, 5.41) is 0. The highest BCUT2D eigenvalue weighted by molar-refractivity contribution is 9.10. The molecule has 0 N–H and O–H groups in total. The zero-order valence-corrected chi connectivity index (χ0v) is 10.6. The van der Waals surface area contributed by atoms with Crippen LogP contribution in [0.2, 0.25) is 0 Å². The summed E-state index contributed by atoms with van der Waals surface area (Å²) >= 11 is 3.29. The van der Waals surface area contributed by atoms with Gasteiger partial charge in [-0.2, -0.15) is 0 Å². The van der Waals surface area contributed by atoms with Crippen molar-refractivity contribution in [1.82, 2.24) is 0 Å². The number of aryl methyl sites for hydroxylation is 1. The zero-order chi connectivity index (χ0) is 11.5. The molecule has 1 aromatic carbocycles. The van der Waals surface area contributed by atoms with E-state index in [9.17, 15) is 13.2 Å². The van der Waals surface area contributed by atoms with Gasteiger partial charge in [0.05, 0.1) is 4.90 Å². The van der Waals surface area contributed by atoms with Crippen molar-refractivity contribution in [2.45, 2.75) is 17.7 Å². The van der Waals surface area contributed by atoms with Gasteiger partial charge in [-0.25, -0.2) is 8.42 Å². The highest BCUT2D eigenvalue weighted by atomic mass is 79.9. The molecule has 0 radical (unpaired) electrons. The fourth-order valence-electron chi connectivity index (χ4n) is 1.18. The van der Waals surface area contributed by atoms with Crippen LogP contribution in [0.15, 0.2) is 27.6 Å². The Morgan fingerprint density at radius 3 is 2.53 bits per heavy atom. The summed E-state index contributed by atoms with van der Waals surface area (Å²) in [6, 6.07) is 4.85. The second-order valence-corrected chi connectivity index (χ2v) is 6.10. The number of hydrogen-bond donors (Lipinski definition) is 0. The molecular weight excluding hydrogens is 280 g/mol. The van der Waals surface area contributed by atoms with Crippen molar-refractivity contribution in [1.29, 1.82) is 0 Å². The summed E-state index contributed by atoms with van der Waals surface area (Å²) in [4.78, 5) is 10.5. The van der Waals surface area contributed by atoms with Crippen LogP contribution in [-0.2, 0) is 21.1 Å². The number of benzene rings is 1. The standard InChI is InChI=1S/C10H11BrO3S/c1-15(13,14)9-5-4-8(3-2-6-12)10(11)7-9/h4-7H,2-3H2,1H3. The summed E-state index contributed by atoms with van der Waals surface area (Å²) < 4.78 is 23.2. The fraction of sp³-hybridized carbons (Fsp3) is 0.300. The van der Waals surface area contributed by atoms with Crippen LogP contribution in [-0.4, -0.2) is 21.0 Å². The number of rotatable bonds is 4. The normalized spacial score (nSPS) is 11.3. The topological polar surface area (TPSA) is 51.2 Å². The number of hydrogen-bond acceptors (Lipinski definition) is 3. The molecule has 3 nitrogen and oxygen atoms in total. The van der Waals surface area contributed by atoms with Gasteiger partial charge in [-0.3, -0.25) is 0 Å². The zero-order valence-electron chi connectivity index (χ0n) is 8.23. The Morgan fingerprint density at radius 2 is 2.07 bits per heavy atom. The molecule has 0 aliphatic carbocycles. The van der Waals surface area contributed by atoms with Crippen LogP contribution in [0.4, 0.5) is 0 Å². The van der Waals surface area contributed by atoms with Gasteiger partial charge in [0, 0.05) is 17.1 Å². The van der Waals surface area contributed by atoms with Crippen molar-refractivity contribution in [2.24, 2.45) is 0 Å². The van der Waals surface area contributed by atoms with Crippen LogP contribution in [0.25, 0.3) is 0 Å². The molecule has 1 rings (SSSR count). The Kier molecular flexibility index (Phi) is 4.04. The monoisotopic (exact) mass is 290 g/mol. The number of carbonyl (C=O) groups excluding carboxylic acids is 1. The quantitative estimate of drug-likeness (QED) is 0.797. The van der Waals surface area contributed by atoms with E-state index in [1.54, 1.807) is 18.2 Å². The molecule has 0 spiro atoms. The minimum Gasteiger partial charge on any atom is -0.303 e. The third kappa shape index (κ3) is 3.43. The minimum absolute atomic E-state index is 0.282. The molecule has 0 aliphatic rings. The van der Waals surface area contributed by atoms with Crippen molar-refractivity contribution in [2.75, 3.05) is 6.26 Å². The maximum Gasteiger partial charge on any atom is 0.175 e. The molecule has 0 saturated carbocycles. The molecule has 0 unspecified atom stereocenters. The van der Waals surface area contributed by atoms with Crippen LogP contribution in [0.5, 0.6) is 0 Å². The van der Waals surface area contributed by atoms with Gasteiger partial charge in [0.2, 0.25) is 0 Å². The van der Waals surface area contributed by atoms with Crippen molar-refractivity contribution < 1.29 is 13.2 Å². The number of carbonyl (C=O) groups is 1. The van der Waals surface area contributed by atoms with Gasteiger partial charge in [-0.05, 0) is 24.1 Å². The van der Waals surface area contributed by atoms with Crippen molar-refractivity contribution in [3.05, 3.63) is 28.2 Å². The Hall–Kier alpha value is -0.680. The van der Waals surface area contributed by atoms with Gasteiger partial charge >= 0.3 is 0 Å². The highest BCUT2D eigenvalue weighted by Crippen LogP contribution is 2.22. The van der Waals surface area contributed by atoms with Crippen LogP contribution < -0.4 is 0 Å². The van der Waals surface area contributed by atoms with Crippen LogP contribution >= 0.6 is 15.9 Å². The molecular formula is C10H11BrO3S. The summed E-state index contributed by atoms with van der Waals surface area (Å²) in [6.45, 7) is 0. The van der Waals surface area contributed by atoms with Gasteiger partial charge in [-0.1, -0.05) is 22.0 Å². The molecule has 0 aromatic heterocycles. The second kappa shape index (κ2) is 4.90. The molecule has 0 heterocycles. The molecule has 5 heteroatoms. The van der Waals surface area contributed by atoms with E-state index in [-0.39, 0.29) is 4.90 Å². The largest absolute Gasteiger partial charge is 0.303 e. The van der Waals surface area contributed by atoms with E-state index < -0.39 is 9.84 Å². The first kappa shape index (κ1) is 12.4. The summed E-state index contributed by atoms with van der Waals surface area (Å²) in [5.74, 6) is 0. The molecule has 0 saturated heterocycles. The summed E-state index contributed by atoms with van der Waals surface area (Å²) in [5.41, 5.74) is 0.939. The third-order valence-electron chi connectivity index (χ3n) is 1.98. The number of sulfone groups is 1. The minimum atomic E-state index is -3.16. The van der Waals surface area contributed by atoms with Crippen LogP contribution in [0, 0.1) is 0 Å². The van der Waals surface area contributed by atoms with Crippen molar-refractivity contribution in [3.63, 3.8) is 0 Å². The number of aldehydes is 1. The Balaban J connectivity index is 3.03. The molecule has 0 amide bonds. The van der Waals surface area contributed by atoms with Gasteiger partial charge < -0.3 is 4.79 Å². The highest BCUT2D eigenvalue weighted by Gasteiger charge is 2.09. The van der Waals surface area contributed by atoms with E-state index in [2.05, 4.69) is 15.9 Å². The molecule has 0 aliphatic heterocycles. The molecule has 0 bridgehead atoms. The molecule has 0 fully saturated rings. The van der Waals surface area contributed by atoms with Gasteiger partial charge in [0.25, 0.3) is 0 Å². The van der Waals surface area contributed by atoms with Gasteiger partial charge in [0.15, 0.2) is 9.84 Å². The Labute approximate surface area is 97.5 Å². The third-order valence-corrected chi connectivity index (χ3v) is 3.83. The fourth-order valence-corrected chi connectivity index (χ4v) is 2.55. The first-order valence-corrected chi connectivity index (χ1v) is 7.05. The smallest absolute Gasteiger partial charge is 0.175 e. The van der Waals surface area contributed by atoms with Gasteiger partial charge in [-0.15, -0.1) is 0 Å². The lowest BCUT2D eigenvalue weighted by atomic mass is 10.1. The first-order valence-electron chi connectivity index (χ1n) is 4.37. The molecule has 1 aromatic rings. The SMILES string of the molecule is CS(=O)(=O)c1ccc(CCC=O)c(Br)c1. The van der Waals surface area contributed by atoms with E-state index in [0.29, 0.717) is 12.8 Å². The Morgan fingerprint density at radius 1 is 1.40 bits per heavy atom. The van der Waals surface area contributed by atoms with Gasteiger partial charge in [0.1, 0.15) is 6.29 Å². The Bertz CT molecular complexity index is 466. The van der Waals surface area contributed by atoms with E-state index >= 15 is 0 Å². The predicted octanol–water partition coefficient (Wildman–Crippen LogP) is 1.98. The lowest BCUT2D eigenvalue weighted by molar-refractivity contribution is -0.107. The molecule has 0 atom stereocenters. The van der Waals surface area contributed by atoms with Crippen molar-refractivity contribution >= 4 is 32.1 Å². The van der Waals surface area contributed by atoms with E-state index in [1.165, 1.54) is 6.26 Å². The summed E-state index contributed by atoms with van der Waals surface area (Å²) in [6.07, 6.45) is 3.07. The molecule has 15 heavy (non-hydrogen) atoms. The first-order chi connectivity index (χ1) is 6.95. The lowest BCUT2D eigenvalue weighted by Crippen LogP contribution is -1.98. The average Bonchev–Trinajstić information content (AvgIpc) is 2.14. The maximum absolute atomic E-state index is 11.2. The maximum atomic E-state index is 11.2. The average molecular weight is 291 g/mol. The van der Waals surface area contributed by atoms with Crippen LogP contribution in [0.3, 0.4) is 0 Å². The van der Waals surface area contributed by atoms with Crippen molar-refractivity contribution in [3.8, 4) is 0 Å². The van der Waals surface area contributed by atoms with Crippen LogP contribution in [0.1, 0.15) is 12.0 Å². The lowest BCUT2D eigenvalue weighted by Gasteiger charge is -2.04.